The SMILES string of the molecule is Cc1cc(C)n(C2=NNC(N)N=N2)n1. The molecular weight excluding hydrogens is 182 g/mol. The molecule has 0 aromatic carbocycles. The largest absolute Gasteiger partial charge is 0.290 e. The molecule has 2 heterocycles. The summed E-state index contributed by atoms with van der Waals surface area (Å²) in [6, 6.07) is 1.94. The number of hydrazone groups is 1. The number of azo groups is 1. The molecule has 1 aromatic rings. The van der Waals surface area contributed by atoms with Crippen LogP contribution in [0.15, 0.2) is 21.4 Å². The standard InChI is InChI=1S/C7H11N7/c1-4-3-5(2)14(13-4)7-11-9-6(8)10-12-7/h3,6,9H,8H2,1-2H3. The van der Waals surface area contributed by atoms with Gasteiger partial charge in [-0.1, -0.05) is 0 Å². The number of aryl methyl sites for hydroxylation is 2. The lowest BCUT2D eigenvalue weighted by Gasteiger charge is -2.11. The summed E-state index contributed by atoms with van der Waals surface area (Å²) in [5, 5.41) is 15.7. The molecular formula is C7H11N7. The lowest BCUT2D eigenvalue weighted by molar-refractivity contribution is 0.526. The number of nitrogens with two attached hydrogens (primary N) is 1. The molecule has 1 aliphatic rings. The zero-order valence-corrected chi connectivity index (χ0v) is 7.97. The summed E-state index contributed by atoms with van der Waals surface area (Å²) in [7, 11) is 0. The monoisotopic (exact) mass is 193 g/mol. The van der Waals surface area contributed by atoms with Crippen LogP contribution in [0.4, 0.5) is 0 Å². The van der Waals surface area contributed by atoms with Crippen molar-refractivity contribution < 1.29 is 0 Å². The molecule has 2 rings (SSSR count). The molecule has 0 fully saturated rings. The van der Waals surface area contributed by atoms with Crippen LogP contribution in [-0.4, -0.2) is 22.0 Å². The average molecular weight is 193 g/mol. The third-order valence-corrected chi connectivity index (χ3v) is 1.77. The molecule has 74 valence electrons. The summed E-state index contributed by atoms with van der Waals surface area (Å²) < 4.78 is 1.61. The zero-order valence-electron chi connectivity index (χ0n) is 7.97. The molecule has 1 unspecified atom stereocenters. The molecule has 14 heavy (non-hydrogen) atoms. The molecule has 0 saturated carbocycles. The second-order valence-corrected chi connectivity index (χ2v) is 3.04. The van der Waals surface area contributed by atoms with E-state index < -0.39 is 6.29 Å². The van der Waals surface area contributed by atoms with Gasteiger partial charge in [-0.15, -0.1) is 15.3 Å². The van der Waals surface area contributed by atoms with Gasteiger partial charge >= 0.3 is 0 Å². The Hall–Kier alpha value is -1.76. The van der Waals surface area contributed by atoms with Crippen molar-refractivity contribution in [1.29, 1.82) is 0 Å². The predicted molar refractivity (Wildman–Crippen MR) is 50.5 cm³/mol. The van der Waals surface area contributed by atoms with Crippen molar-refractivity contribution in [2.45, 2.75) is 20.1 Å². The predicted octanol–water partition coefficient (Wildman–Crippen LogP) is -0.0833. The number of hydrogen-bond acceptors (Lipinski definition) is 6. The normalized spacial score (nSPS) is 20.5. The summed E-state index contributed by atoms with van der Waals surface area (Å²) in [4.78, 5) is 0. The highest BCUT2D eigenvalue weighted by Gasteiger charge is 2.11. The van der Waals surface area contributed by atoms with Crippen molar-refractivity contribution in [2.75, 3.05) is 0 Å². The molecule has 7 nitrogen and oxygen atoms in total. The van der Waals surface area contributed by atoms with Crippen molar-refractivity contribution in [3.8, 4) is 0 Å². The number of aromatic nitrogens is 2. The van der Waals surface area contributed by atoms with E-state index in [1.54, 1.807) is 4.68 Å². The van der Waals surface area contributed by atoms with Gasteiger partial charge in [-0.3, -0.25) is 11.2 Å². The maximum atomic E-state index is 5.41. The highest BCUT2D eigenvalue weighted by molar-refractivity contribution is 5.82. The Kier molecular flexibility index (Phi) is 2.01. The van der Waals surface area contributed by atoms with Gasteiger partial charge in [0.25, 0.3) is 5.96 Å². The van der Waals surface area contributed by atoms with E-state index in [1.165, 1.54) is 0 Å². The summed E-state index contributed by atoms with van der Waals surface area (Å²) in [6.07, 6.45) is -0.560. The van der Waals surface area contributed by atoms with E-state index in [0.29, 0.717) is 5.96 Å². The topological polar surface area (TPSA) is 93.0 Å². The Morgan fingerprint density at radius 3 is 2.79 bits per heavy atom. The van der Waals surface area contributed by atoms with Crippen molar-refractivity contribution in [3.63, 3.8) is 0 Å². The van der Waals surface area contributed by atoms with Gasteiger partial charge in [0.05, 0.1) is 5.69 Å². The quantitative estimate of drug-likeness (QED) is 0.603. The first-order valence-corrected chi connectivity index (χ1v) is 4.20. The van der Waals surface area contributed by atoms with Crippen molar-refractivity contribution >= 4 is 5.96 Å². The van der Waals surface area contributed by atoms with E-state index in [2.05, 4.69) is 25.9 Å². The highest BCUT2D eigenvalue weighted by Crippen LogP contribution is 2.04. The molecule has 0 spiro atoms. The first-order chi connectivity index (χ1) is 6.66. The Labute approximate surface area is 80.7 Å². The Morgan fingerprint density at radius 2 is 2.29 bits per heavy atom. The van der Waals surface area contributed by atoms with Gasteiger partial charge in [0.1, 0.15) is 0 Å². The number of rotatable bonds is 0. The minimum Gasteiger partial charge on any atom is -0.290 e. The van der Waals surface area contributed by atoms with Gasteiger partial charge in [-0.25, -0.2) is 4.68 Å². The van der Waals surface area contributed by atoms with E-state index >= 15 is 0 Å². The zero-order chi connectivity index (χ0) is 10.1. The fraction of sp³-hybridized carbons (Fsp3) is 0.429. The van der Waals surface area contributed by atoms with E-state index in [4.69, 9.17) is 5.73 Å². The average Bonchev–Trinajstić information content (AvgIpc) is 2.47. The molecule has 0 amide bonds. The summed E-state index contributed by atoms with van der Waals surface area (Å²) in [6.45, 7) is 3.83. The third kappa shape index (κ3) is 1.49. The molecule has 0 radical (unpaired) electrons. The van der Waals surface area contributed by atoms with Crippen LogP contribution in [0.5, 0.6) is 0 Å². The van der Waals surface area contributed by atoms with Crippen LogP contribution in [0.25, 0.3) is 0 Å². The Balaban J connectivity index is 2.33. The molecule has 1 aliphatic heterocycles. The number of hydrogen-bond donors (Lipinski definition) is 2. The maximum absolute atomic E-state index is 5.41. The minimum atomic E-state index is -0.560. The molecule has 3 N–H and O–H groups in total. The number of nitrogens with one attached hydrogen (secondary N) is 1. The van der Waals surface area contributed by atoms with Gasteiger partial charge < -0.3 is 0 Å². The summed E-state index contributed by atoms with van der Waals surface area (Å²) in [5.41, 5.74) is 9.89. The molecule has 1 aromatic heterocycles. The van der Waals surface area contributed by atoms with Gasteiger partial charge in [0.2, 0.25) is 6.29 Å². The lowest BCUT2D eigenvalue weighted by Crippen LogP contribution is -2.36. The van der Waals surface area contributed by atoms with Crippen molar-refractivity contribution in [1.82, 2.24) is 15.2 Å². The van der Waals surface area contributed by atoms with Crippen LogP contribution >= 0.6 is 0 Å². The first kappa shape index (κ1) is 8.82. The summed E-state index contributed by atoms with van der Waals surface area (Å²) >= 11 is 0. The van der Waals surface area contributed by atoms with Crippen LogP contribution < -0.4 is 11.2 Å². The molecule has 0 aliphatic carbocycles. The van der Waals surface area contributed by atoms with E-state index in [-0.39, 0.29) is 0 Å². The maximum Gasteiger partial charge on any atom is 0.286 e. The molecule has 1 atom stereocenters. The molecule has 7 heteroatoms. The van der Waals surface area contributed by atoms with E-state index in [0.717, 1.165) is 11.4 Å². The van der Waals surface area contributed by atoms with Crippen LogP contribution in [0.1, 0.15) is 11.4 Å². The van der Waals surface area contributed by atoms with Gasteiger partial charge in [-0.05, 0) is 19.9 Å². The Bertz CT molecular complexity index is 402. The van der Waals surface area contributed by atoms with E-state index in [9.17, 15) is 0 Å². The van der Waals surface area contributed by atoms with Crippen molar-refractivity contribution in [3.05, 3.63) is 17.5 Å². The fourth-order valence-corrected chi connectivity index (χ4v) is 1.21. The second-order valence-electron chi connectivity index (χ2n) is 3.04. The fourth-order valence-electron chi connectivity index (χ4n) is 1.21. The smallest absolute Gasteiger partial charge is 0.286 e. The molecule has 0 bridgehead atoms. The second kappa shape index (κ2) is 3.18. The van der Waals surface area contributed by atoms with Crippen LogP contribution in [0.3, 0.4) is 0 Å². The van der Waals surface area contributed by atoms with E-state index in [1.807, 2.05) is 19.9 Å². The lowest BCUT2D eigenvalue weighted by atomic mass is 10.4. The summed E-state index contributed by atoms with van der Waals surface area (Å²) in [5.74, 6) is 0.400. The van der Waals surface area contributed by atoms with Crippen LogP contribution in [-0.2, 0) is 0 Å². The van der Waals surface area contributed by atoms with Crippen LogP contribution in [0, 0.1) is 13.8 Å². The number of nitrogens with zero attached hydrogens (tertiary/aromatic N) is 5. The van der Waals surface area contributed by atoms with Crippen LogP contribution in [0.2, 0.25) is 0 Å². The van der Waals surface area contributed by atoms with Gasteiger partial charge in [-0.2, -0.15) is 5.10 Å². The third-order valence-electron chi connectivity index (χ3n) is 1.77. The minimum absolute atomic E-state index is 0.400. The Morgan fingerprint density at radius 1 is 1.50 bits per heavy atom. The van der Waals surface area contributed by atoms with Gasteiger partial charge in [0, 0.05) is 5.69 Å². The first-order valence-electron chi connectivity index (χ1n) is 4.20. The van der Waals surface area contributed by atoms with Gasteiger partial charge in [0.15, 0.2) is 0 Å². The van der Waals surface area contributed by atoms with Crippen molar-refractivity contribution in [2.24, 2.45) is 21.1 Å². The molecule has 0 saturated heterocycles. The highest BCUT2D eigenvalue weighted by atomic mass is 15.5.